The minimum atomic E-state index is -1.43. The van der Waals surface area contributed by atoms with Crippen LogP contribution < -0.4 is 58.6 Å². The second-order valence-corrected chi connectivity index (χ2v) is 33.3. The third kappa shape index (κ3) is 54.4. The number of ketones is 5. The van der Waals surface area contributed by atoms with Gasteiger partial charge in [-0.15, -0.1) is 0 Å². The van der Waals surface area contributed by atoms with Crippen LogP contribution in [-0.4, -0.2) is 200 Å². The van der Waals surface area contributed by atoms with Gasteiger partial charge in [0.05, 0.1) is 53.8 Å². The quantitative estimate of drug-likeness (QED) is 0.0274. The predicted molar refractivity (Wildman–Crippen MR) is 466 cm³/mol. The first kappa shape index (κ1) is 111. The summed E-state index contributed by atoms with van der Waals surface area (Å²) in [6.07, 6.45) is 19.0. The van der Waals surface area contributed by atoms with Crippen molar-refractivity contribution < 1.29 is 122 Å². The summed E-state index contributed by atoms with van der Waals surface area (Å²) in [5.74, 6) is -14.2. The topological polar surface area (TPSA) is 580 Å². The first-order valence-electron chi connectivity index (χ1n) is 44.9. The van der Waals surface area contributed by atoms with E-state index in [1.54, 1.807) is 38.1 Å². The summed E-state index contributed by atoms with van der Waals surface area (Å²) in [5.41, 5.74) is 17.6. The van der Waals surface area contributed by atoms with E-state index < -0.39 is 137 Å². The van der Waals surface area contributed by atoms with Crippen LogP contribution in [0.25, 0.3) is 0 Å². The highest BCUT2D eigenvalue weighted by atomic mass is 16.5. The molecule has 2 rings (SSSR count). The Balaban J connectivity index is 1.60. The molecule has 1 unspecified atom stereocenters. The minimum Gasteiger partial charge on any atom is -0.494 e. The van der Waals surface area contributed by atoms with Gasteiger partial charge in [-0.25, -0.2) is 19.2 Å². The molecule has 0 aliphatic heterocycles. The zero-order valence-electron chi connectivity index (χ0n) is 73.8. The van der Waals surface area contributed by atoms with Crippen molar-refractivity contribution in [2.75, 3.05) is 39.4 Å². The van der Waals surface area contributed by atoms with Crippen LogP contribution in [-0.2, 0) is 71.9 Å². The number of unbranched alkanes of at least 4 members (excludes halogenated alkanes) is 20. The van der Waals surface area contributed by atoms with Crippen molar-refractivity contribution in [3.8, 4) is 11.5 Å². The summed E-state index contributed by atoms with van der Waals surface area (Å²) in [6, 6.07) is 8.05. The number of benzene rings is 2. The first-order chi connectivity index (χ1) is 59.5. The van der Waals surface area contributed by atoms with Crippen molar-refractivity contribution in [3.63, 3.8) is 0 Å². The maximum atomic E-state index is 13.9. The maximum Gasteiger partial charge on any atom is 0.335 e. The van der Waals surface area contributed by atoms with E-state index in [-0.39, 0.29) is 163 Å². The molecule has 0 fully saturated rings. The molecule has 6 amide bonds. The van der Waals surface area contributed by atoms with Crippen LogP contribution in [0.3, 0.4) is 0 Å². The van der Waals surface area contributed by atoms with Gasteiger partial charge in [0, 0.05) is 102 Å². The number of carbonyl (C=O) groups is 17. The normalized spacial score (nSPS) is 13.2. The lowest BCUT2D eigenvalue weighted by Crippen LogP contribution is -2.43. The Morgan fingerprint density at radius 1 is 0.336 bits per heavy atom. The average molecular weight is 1760 g/mol. The molecule has 2 aromatic rings. The van der Waals surface area contributed by atoms with Crippen LogP contribution >= 0.6 is 0 Å². The molecule has 0 aliphatic rings. The van der Waals surface area contributed by atoms with Crippen LogP contribution in [0.1, 0.15) is 324 Å². The number of nitrogens with two attached hydrogens (primary N) is 3. The Morgan fingerprint density at radius 2 is 0.672 bits per heavy atom. The molecule has 34 nitrogen and oxygen atoms in total. The fourth-order valence-corrected chi connectivity index (χ4v) is 14.0. The monoisotopic (exact) mass is 1760 g/mol. The third-order valence-corrected chi connectivity index (χ3v) is 22.0. The molecule has 0 heterocycles. The van der Waals surface area contributed by atoms with Gasteiger partial charge in [-0.3, -0.25) is 62.3 Å². The second-order valence-electron chi connectivity index (χ2n) is 33.3. The Kier molecular flexibility index (Phi) is 58.1. The van der Waals surface area contributed by atoms with E-state index in [9.17, 15) is 102 Å². The summed E-state index contributed by atoms with van der Waals surface area (Å²) in [5, 5.41) is 72.9. The number of aromatic carboxylic acids is 2. The fraction of sp³-hybridized carbons (Fsp3) is 0.681. The smallest absolute Gasteiger partial charge is 0.335 e. The van der Waals surface area contributed by atoms with E-state index in [0.717, 1.165) is 103 Å². The first-order valence-corrected chi connectivity index (χ1v) is 44.9. The summed E-state index contributed by atoms with van der Waals surface area (Å²) < 4.78 is 11.3. The Labute approximate surface area is 734 Å². The van der Waals surface area contributed by atoms with E-state index in [2.05, 4.69) is 31.9 Å². The molecule has 8 atom stereocenters. The number of carboxylic acid groups (broad SMARTS) is 6. The van der Waals surface area contributed by atoms with E-state index in [1.165, 1.54) is 31.2 Å². The molecule has 0 saturated carbocycles. The van der Waals surface area contributed by atoms with Crippen molar-refractivity contribution in [1.82, 2.24) is 31.9 Å². The van der Waals surface area contributed by atoms with Crippen molar-refractivity contribution in [3.05, 3.63) is 59.7 Å². The van der Waals surface area contributed by atoms with Crippen LogP contribution in [0.15, 0.2) is 48.5 Å². The van der Waals surface area contributed by atoms with Gasteiger partial charge >= 0.3 is 35.8 Å². The second kappa shape index (κ2) is 65.5. The molecule has 18 N–H and O–H groups in total. The van der Waals surface area contributed by atoms with Gasteiger partial charge in [0.15, 0.2) is 5.78 Å². The predicted octanol–water partition coefficient (Wildman–Crippen LogP) is 10.2. The highest BCUT2D eigenvalue weighted by Crippen LogP contribution is 2.26. The lowest BCUT2D eigenvalue weighted by atomic mass is 9.82. The lowest BCUT2D eigenvalue weighted by Gasteiger charge is -2.23. The van der Waals surface area contributed by atoms with E-state index >= 15 is 0 Å². The molecule has 2 aromatic carbocycles. The van der Waals surface area contributed by atoms with E-state index in [4.69, 9.17) is 36.9 Å². The molecule has 702 valence electrons. The highest BCUT2D eigenvalue weighted by molar-refractivity contribution is 5.95. The number of ether oxygens (including phenoxy) is 2. The largest absolute Gasteiger partial charge is 0.494 e. The Morgan fingerprint density at radius 3 is 1.06 bits per heavy atom. The average Bonchev–Trinajstić information content (AvgIpc) is 0.822. The van der Waals surface area contributed by atoms with Crippen LogP contribution in [0.5, 0.6) is 11.5 Å². The zero-order chi connectivity index (χ0) is 92.9. The van der Waals surface area contributed by atoms with Gasteiger partial charge in [-0.1, -0.05) is 103 Å². The zero-order valence-corrected chi connectivity index (χ0v) is 73.8. The number of nitrogens with one attached hydrogen (secondary N) is 6. The van der Waals surface area contributed by atoms with Gasteiger partial charge in [0.1, 0.15) is 46.7 Å². The molecule has 125 heavy (non-hydrogen) atoms. The molecule has 34 heteroatoms. The van der Waals surface area contributed by atoms with E-state index in [0.29, 0.717) is 95.3 Å². The molecular formula is C91H143N9O25. The van der Waals surface area contributed by atoms with Gasteiger partial charge < -0.3 is 89.2 Å². The number of hydrogen-bond acceptors (Lipinski definition) is 22. The highest BCUT2D eigenvalue weighted by Gasteiger charge is 2.32. The molecule has 0 aliphatic carbocycles. The Bertz CT molecular complexity index is 3660. The summed E-state index contributed by atoms with van der Waals surface area (Å²) >= 11 is 0. The standard InChI is InChI=1S/C91H143N9O25/c1-62(101)65(30-20-24-54-97-83(110)73(92)33-22-26-52-95-79(106)49-40-67(87(116)117)59-70(103)42-47-75(89(120)121)99-81(108)35-19-15-11-7-5-9-13-17-29-57-125-72-45-38-64(39-46-72)86(114)115)60-77(104)66(61-78(105)91(2,3)94)31-21-25-55-98-84(111)74(93)34-23-27-53-96-80(107)51-48-76(90(122)123)100-82(109)50-41-68(88(118)119)58-69(102)32-18-14-10-6-4-8-12-16-28-56-124-71-43-36-63(37-44-71)85(112)113/h36-39,43-46,65-68,73-76H,4-35,40-42,47-61,92-94H2,1-3H3,(H,95,106)(H,96,107)(H,97,110)(H,98,111)(H,99,108)(H,100,109)(H,112,113)(H,114,115)(H,116,117)(H,118,119)(H,120,121)(H,122,123)/t65-,66-,67?,68-,73+,74+,75+,76+/m1/s1. The fourth-order valence-electron chi connectivity index (χ4n) is 14.0. The minimum absolute atomic E-state index is 0.107. The molecule has 0 bridgehead atoms. The van der Waals surface area contributed by atoms with Gasteiger partial charge in [-0.05, 0) is 185 Å². The number of rotatable bonds is 79. The maximum absolute atomic E-state index is 13.9. The molecular weight excluding hydrogens is 1620 g/mol. The number of aliphatic carboxylic acids is 4. The third-order valence-electron chi connectivity index (χ3n) is 22.0. The Hall–Kier alpha value is -10.1. The van der Waals surface area contributed by atoms with Crippen LogP contribution in [0, 0.1) is 23.7 Å². The van der Waals surface area contributed by atoms with Gasteiger partial charge in [0.25, 0.3) is 0 Å². The number of Topliss-reactive ketones (excluding diaryl/α,β-unsaturated/α-hetero) is 5. The number of hydrogen-bond donors (Lipinski definition) is 15. The number of carbonyl (C=O) groups excluding carboxylic acids is 11. The van der Waals surface area contributed by atoms with Gasteiger partial charge in [-0.2, -0.15) is 0 Å². The SMILES string of the molecule is CC(=O)[C@H](CCCCNC(=O)[C@@H](N)CCCCNC(=O)CCC(CC(=O)CC[C@H](NC(=O)CCCCCCCCCCCOc1ccc(C(=O)O)cc1)C(=O)O)C(=O)O)CC(=O)[C@H](CCCCNC(=O)[C@@H](N)CCCCNC(=O)CC[C@H](NC(=O)CC[C@H](CC(=O)CCCCCCCCCCCOc1ccc(C(=O)O)cc1)C(=O)O)C(=O)O)CC(=O)C(C)(C)N. The van der Waals surface area contributed by atoms with Gasteiger partial charge in [0.2, 0.25) is 35.4 Å². The van der Waals surface area contributed by atoms with E-state index in [1.807, 2.05) is 0 Å². The number of carboxylic acids is 6. The lowest BCUT2D eigenvalue weighted by molar-refractivity contribution is -0.145. The van der Waals surface area contributed by atoms with Crippen LogP contribution in [0.4, 0.5) is 0 Å². The molecule has 0 radical (unpaired) electrons. The summed E-state index contributed by atoms with van der Waals surface area (Å²) in [7, 11) is 0. The van der Waals surface area contributed by atoms with Crippen molar-refractivity contribution in [2.45, 2.75) is 333 Å². The van der Waals surface area contributed by atoms with Crippen LogP contribution in [0.2, 0.25) is 0 Å². The summed E-state index contributed by atoms with van der Waals surface area (Å²) in [4.78, 5) is 212. The van der Waals surface area contributed by atoms with Crippen molar-refractivity contribution in [2.24, 2.45) is 40.9 Å². The van der Waals surface area contributed by atoms with Crippen molar-refractivity contribution in [1.29, 1.82) is 0 Å². The number of amides is 6. The molecule has 0 aromatic heterocycles. The van der Waals surface area contributed by atoms with Crippen molar-refractivity contribution >= 4 is 100 Å². The summed E-state index contributed by atoms with van der Waals surface area (Å²) in [6.45, 7) is 6.43. The molecule has 0 saturated heterocycles. The molecule has 0 spiro atoms.